The van der Waals surface area contributed by atoms with Crippen LogP contribution in [0.25, 0.3) is 0 Å². The van der Waals surface area contributed by atoms with Gasteiger partial charge in [0.25, 0.3) is 0 Å². The van der Waals surface area contributed by atoms with E-state index in [2.05, 4.69) is 0 Å². The highest BCUT2D eigenvalue weighted by molar-refractivity contribution is 5.84. The lowest BCUT2D eigenvalue weighted by Gasteiger charge is -2.32. The second-order valence-corrected chi connectivity index (χ2v) is 5.10. The fraction of sp³-hybridized carbons (Fsp3) is 0.533. The van der Waals surface area contributed by atoms with Crippen molar-refractivity contribution in [3.8, 4) is 5.75 Å². The van der Waals surface area contributed by atoms with E-state index in [0.29, 0.717) is 13.2 Å². The Bertz CT molecular complexity index is 448. The van der Waals surface area contributed by atoms with Crippen LogP contribution in [0.15, 0.2) is 24.3 Å². The molecule has 4 nitrogen and oxygen atoms in total. The number of likely N-dealkylation sites (N-methyl/N-ethyl adjacent to an activating group) is 1. The van der Waals surface area contributed by atoms with Crippen LogP contribution in [-0.2, 0) is 4.79 Å². The van der Waals surface area contributed by atoms with Gasteiger partial charge in [-0.05, 0) is 32.4 Å². The SMILES string of the molecule is CC(CCN)N(C)C(=O)C1CCOc2ccccc21. The molecule has 4 heteroatoms. The molecule has 2 atom stereocenters. The summed E-state index contributed by atoms with van der Waals surface area (Å²) in [6, 6.07) is 7.98. The first-order valence-electron chi connectivity index (χ1n) is 6.83. The largest absolute Gasteiger partial charge is 0.493 e. The van der Waals surface area contributed by atoms with Crippen molar-refractivity contribution in [2.45, 2.75) is 31.7 Å². The third-order valence-corrected chi connectivity index (χ3v) is 3.85. The molecule has 2 unspecified atom stereocenters. The van der Waals surface area contributed by atoms with Gasteiger partial charge in [0.1, 0.15) is 5.75 Å². The highest BCUT2D eigenvalue weighted by atomic mass is 16.5. The smallest absolute Gasteiger partial charge is 0.230 e. The van der Waals surface area contributed by atoms with Crippen molar-refractivity contribution < 1.29 is 9.53 Å². The maximum absolute atomic E-state index is 12.6. The Morgan fingerprint density at radius 3 is 3.00 bits per heavy atom. The number of hydrogen-bond acceptors (Lipinski definition) is 3. The minimum absolute atomic E-state index is 0.0878. The average Bonchev–Trinajstić information content (AvgIpc) is 2.45. The number of hydrogen-bond donors (Lipinski definition) is 1. The minimum atomic E-state index is -0.0878. The van der Waals surface area contributed by atoms with Crippen LogP contribution in [0.1, 0.15) is 31.2 Å². The number of ether oxygens (including phenoxy) is 1. The molecular weight excluding hydrogens is 240 g/mol. The predicted molar refractivity (Wildman–Crippen MR) is 75.2 cm³/mol. The number of para-hydroxylation sites is 1. The predicted octanol–water partition coefficient (Wildman–Crippen LogP) is 1.75. The molecular formula is C15H22N2O2. The highest BCUT2D eigenvalue weighted by Gasteiger charge is 2.30. The standard InChI is InChI=1S/C15H22N2O2/c1-11(7-9-16)17(2)15(18)13-8-10-19-14-6-4-3-5-12(13)14/h3-6,11,13H,7-10,16H2,1-2H3. The fourth-order valence-electron chi connectivity index (χ4n) is 2.50. The number of benzene rings is 1. The van der Waals surface area contributed by atoms with Gasteiger partial charge < -0.3 is 15.4 Å². The molecule has 1 aromatic rings. The lowest BCUT2D eigenvalue weighted by molar-refractivity contribution is -0.134. The molecule has 1 amide bonds. The molecule has 0 spiro atoms. The molecule has 19 heavy (non-hydrogen) atoms. The number of nitrogens with two attached hydrogens (primary N) is 1. The molecule has 1 aliphatic rings. The molecule has 0 aliphatic carbocycles. The summed E-state index contributed by atoms with van der Waals surface area (Å²) in [5, 5.41) is 0. The summed E-state index contributed by atoms with van der Waals surface area (Å²) in [6.45, 7) is 3.24. The van der Waals surface area contributed by atoms with E-state index >= 15 is 0 Å². The Labute approximate surface area is 114 Å². The van der Waals surface area contributed by atoms with Crippen LogP contribution < -0.4 is 10.5 Å². The number of rotatable bonds is 4. The molecule has 0 bridgehead atoms. The Morgan fingerprint density at radius 1 is 1.53 bits per heavy atom. The van der Waals surface area contributed by atoms with Gasteiger partial charge in [-0.1, -0.05) is 18.2 Å². The fourth-order valence-corrected chi connectivity index (χ4v) is 2.50. The summed E-state index contributed by atoms with van der Waals surface area (Å²) in [5.41, 5.74) is 6.57. The zero-order valence-corrected chi connectivity index (χ0v) is 11.6. The molecule has 2 N–H and O–H groups in total. The van der Waals surface area contributed by atoms with Crippen molar-refractivity contribution in [2.24, 2.45) is 5.73 Å². The van der Waals surface area contributed by atoms with Gasteiger partial charge in [-0.25, -0.2) is 0 Å². The number of carbonyl (C=O) groups is 1. The van der Waals surface area contributed by atoms with Gasteiger partial charge in [-0.15, -0.1) is 0 Å². The van der Waals surface area contributed by atoms with E-state index in [0.717, 1.165) is 24.2 Å². The maximum Gasteiger partial charge on any atom is 0.230 e. The summed E-state index contributed by atoms with van der Waals surface area (Å²) in [4.78, 5) is 14.4. The number of amides is 1. The van der Waals surface area contributed by atoms with Crippen molar-refractivity contribution in [2.75, 3.05) is 20.2 Å². The van der Waals surface area contributed by atoms with Crippen molar-refractivity contribution in [3.63, 3.8) is 0 Å². The number of carbonyl (C=O) groups excluding carboxylic acids is 1. The molecule has 0 aromatic heterocycles. The number of nitrogens with zero attached hydrogens (tertiary/aromatic N) is 1. The van der Waals surface area contributed by atoms with Gasteiger partial charge >= 0.3 is 0 Å². The van der Waals surface area contributed by atoms with E-state index in [1.807, 2.05) is 43.1 Å². The zero-order chi connectivity index (χ0) is 13.8. The van der Waals surface area contributed by atoms with E-state index in [4.69, 9.17) is 10.5 Å². The van der Waals surface area contributed by atoms with Gasteiger partial charge in [0.05, 0.1) is 12.5 Å². The summed E-state index contributed by atoms with van der Waals surface area (Å²) in [7, 11) is 1.86. The van der Waals surface area contributed by atoms with Gasteiger partial charge in [-0.3, -0.25) is 4.79 Å². The third-order valence-electron chi connectivity index (χ3n) is 3.85. The van der Waals surface area contributed by atoms with Crippen molar-refractivity contribution >= 4 is 5.91 Å². The second-order valence-electron chi connectivity index (χ2n) is 5.10. The van der Waals surface area contributed by atoms with E-state index in [-0.39, 0.29) is 17.9 Å². The Morgan fingerprint density at radius 2 is 2.26 bits per heavy atom. The Kier molecular flexibility index (Phi) is 4.43. The minimum Gasteiger partial charge on any atom is -0.493 e. The third kappa shape index (κ3) is 2.89. The lowest BCUT2D eigenvalue weighted by Crippen LogP contribution is -2.40. The Balaban J connectivity index is 2.16. The summed E-state index contributed by atoms with van der Waals surface area (Å²) in [6.07, 6.45) is 1.57. The molecule has 2 rings (SSSR count). The molecule has 0 saturated carbocycles. The molecule has 0 radical (unpaired) electrons. The van der Waals surface area contributed by atoms with Crippen LogP contribution in [0, 0.1) is 0 Å². The number of fused-ring (bicyclic) bond motifs is 1. The van der Waals surface area contributed by atoms with Crippen LogP contribution in [0.5, 0.6) is 5.75 Å². The average molecular weight is 262 g/mol. The topological polar surface area (TPSA) is 55.6 Å². The zero-order valence-electron chi connectivity index (χ0n) is 11.6. The van der Waals surface area contributed by atoms with E-state index in [9.17, 15) is 4.79 Å². The summed E-state index contributed by atoms with van der Waals surface area (Å²) in [5.74, 6) is 0.916. The quantitative estimate of drug-likeness (QED) is 0.899. The first-order valence-corrected chi connectivity index (χ1v) is 6.83. The molecule has 1 heterocycles. The van der Waals surface area contributed by atoms with Gasteiger partial charge in [0.2, 0.25) is 5.91 Å². The molecule has 0 saturated heterocycles. The van der Waals surface area contributed by atoms with Crippen LogP contribution >= 0.6 is 0 Å². The monoisotopic (exact) mass is 262 g/mol. The summed E-state index contributed by atoms with van der Waals surface area (Å²) < 4.78 is 5.60. The normalized spacial score (nSPS) is 19.2. The molecule has 104 valence electrons. The summed E-state index contributed by atoms with van der Waals surface area (Å²) >= 11 is 0. The van der Waals surface area contributed by atoms with Crippen LogP contribution in [0.4, 0.5) is 0 Å². The first-order chi connectivity index (χ1) is 9.15. The van der Waals surface area contributed by atoms with Gasteiger partial charge in [0, 0.05) is 18.7 Å². The highest BCUT2D eigenvalue weighted by Crippen LogP contribution is 2.34. The Hall–Kier alpha value is -1.55. The second kappa shape index (κ2) is 6.06. The van der Waals surface area contributed by atoms with Gasteiger partial charge in [0.15, 0.2) is 0 Å². The molecule has 1 aliphatic heterocycles. The van der Waals surface area contributed by atoms with E-state index in [1.165, 1.54) is 0 Å². The molecule has 1 aromatic carbocycles. The first kappa shape index (κ1) is 13.9. The van der Waals surface area contributed by atoms with Crippen LogP contribution in [-0.4, -0.2) is 37.0 Å². The van der Waals surface area contributed by atoms with Gasteiger partial charge in [-0.2, -0.15) is 0 Å². The molecule has 0 fully saturated rings. The lowest BCUT2D eigenvalue weighted by atomic mass is 9.91. The van der Waals surface area contributed by atoms with Crippen molar-refractivity contribution in [1.29, 1.82) is 0 Å². The van der Waals surface area contributed by atoms with Crippen LogP contribution in [0.3, 0.4) is 0 Å². The van der Waals surface area contributed by atoms with Crippen molar-refractivity contribution in [3.05, 3.63) is 29.8 Å². The maximum atomic E-state index is 12.6. The van der Waals surface area contributed by atoms with Crippen LogP contribution in [0.2, 0.25) is 0 Å². The van der Waals surface area contributed by atoms with E-state index in [1.54, 1.807) is 0 Å². The van der Waals surface area contributed by atoms with E-state index < -0.39 is 0 Å². The van der Waals surface area contributed by atoms with Crippen molar-refractivity contribution in [1.82, 2.24) is 4.90 Å².